The molecular weight excluding hydrogens is 412 g/mol. The van der Waals surface area contributed by atoms with Crippen LogP contribution in [0, 0.1) is 13.8 Å². The van der Waals surface area contributed by atoms with Crippen molar-refractivity contribution in [2.24, 2.45) is 0 Å². The molecule has 2 aromatic heterocycles. The Balaban J connectivity index is 1.99. The maximum Gasteiger partial charge on any atom is 0.263 e. The first-order valence-electron chi connectivity index (χ1n) is 7.73. The number of nitrogens with zero attached hydrogens (tertiary/aromatic N) is 1. The molecule has 0 saturated heterocycles. The number of sulfonamides is 1. The first kappa shape index (κ1) is 19.5. The van der Waals surface area contributed by atoms with Gasteiger partial charge < -0.3 is 14.0 Å². The first-order valence-corrected chi connectivity index (χ1v) is 10.4. The second-order valence-electron chi connectivity index (χ2n) is 5.66. The van der Waals surface area contributed by atoms with Crippen LogP contribution in [0.3, 0.4) is 0 Å². The number of thiophene rings is 1. The molecule has 0 amide bonds. The molecule has 3 aromatic rings. The summed E-state index contributed by atoms with van der Waals surface area (Å²) in [5.74, 6) is 1.19. The lowest BCUT2D eigenvalue weighted by Gasteiger charge is -2.14. The fourth-order valence-electron chi connectivity index (χ4n) is 2.47. The predicted molar refractivity (Wildman–Crippen MR) is 105 cm³/mol. The van der Waals surface area contributed by atoms with Gasteiger partial charge in [0.25, 0.3) is 10.0 Å². The average molecular weight is 429 g/mol. The van der Waals surface area contributed by atoms with Gasteiger partial charge in [-0.2, -0.15) is 0 Å². The zero-order chi connectivity index (χ0) is 19.8. The summed E-state index contributed by atoms with van der Waals surface area (Å²) < 4.78 is 44.0. The van der Waals surface area contributed by atoms with Crippen LogP contribution in [0.4, 0.5) is 5.69 Å². The fraction of sp³-hybridized carbons (Fsp3) is 0.235. The Morgan fingerprint density at radius 1 is 1.11 bits per heavy atom. The molecule has 1 aromatic carbocycles. The van der Waals surface area contributed by atoms with Gasteiger partial charge in [-0.05, 0) is 26.0 Å². The third kappa shape index (κ3) is 3.90. The van der Waals surface area contributed by atoms with Crippen LogP contribution < -0.4 is 14.2 Å². The van der Waals surface area contributed by atoms with E-state index in [1.54, 1.807) is 26.0 Å². The van der Waals surface area contributed by atoms with Gasteiger partial charge in [0, 0.05) is 17.0 Å². The Bertz CT molecular complexity index is 1090. The van der Waals surface area contributed by atoms with Crippen LogP contribution in [0.2, 0.25) is 5.02 Å². The summed E-state index contributed by atoms with van der Waals surface area (Å²) in [6.07, 6.45) is 0. The molecule has 7 nitrogen and oxygen atoms in total. The van der Waals surface area contributed by atoms with Crippen molar-refractivity contribution in [3.05, 3.63) is 39.9 Å². The Kier molecular flexibility index (Phi) is 5.36. The van der Waals surface area contributed by atoms with E-state index in [0.29, 0.717) is 27.0 Å². The van der Waals surface area contributed by atoms with Crippen molar-refractivity contribution < 1.29 is 22.4 Å². The molecule has 0 fully saturated rings. The molecular formula is C17H17ClN2O5S2. The summed E-state index contributed by atoms with van der Waals surface area (Å²) >= 11 is 7.43. The van der Waals surface area contributed by atoms with Gasteiger partial charge in [0.15, 0.2) is 5.76 Å². The lowest BCUT2D eigenvalue weighted by atomic mass is 10.3. The first-order chi connectivity index (χ1) is 12.7. The molecule has 0 bridgehead atoms. The minimum atomic E-state index is -3.87. The molecule has 27 heavy (non-hydrogen) atoms. The largest absolute Gasteiger partial charge is 0.495 e. The molecule has 0 aliphatic heterocycles. The number of anilines is 1. The highest BCUT2D eigenvalue weighted by Crippen LogP contribution is 2.39. The van der Waals surface area contributed by atoms with Gasteiger partial charge in [-0.3, -0.25) is 4.72 Å². The van der Waals surface area contributed by atoms with E-state index in [4.69, 9.17) is 25.6 Å². The van der Waals surface area contributed by atoms with E-state index in [9.17, 15) is 8.42 Å². The smallest absolute Gasteiger partial charge is 0.263 e. The summed E-state index contributed by atoms with van der Waals surface area (Å²) in [5.41, 5.74) is 0.933. The second-order valence-corrected chi connectivity index (χ2v) is 8.97. The van der Waals surface area contributed by atoms with E-state index in [-0.39, 0.29) is 15.6 Å². The summed E-state index contributed by atoms with van der Waals surface area (Å²) in [7, 11) is -0.979. The van der Waals surface area contributed by atoms with Crippen molar-refractivity contribution in [2.45, 2.75) is 18.7 Å². The number of nitrogens with one attached hydrogen (secondary N) is 1. The van der Waals surface area contributed by atoms with Crippen molar-refractivity contribution in [2.75, 3.05) is 18.9 Å². The van der Waals surface area contributed by atoms with E-state index in [1.807, 2.05) is 0 Å². The van der Waals surface area contributed by atoms with Gasteiger partial charge in [0.1, 0.15) is 16.4 Å². The van der Waals surface area contributed by atoms with Crippen LogP contribution in [-0.4, -0.2) is 27.8 Å². The molecule has 0 radical (unpaired) electrons. The quantitative estimate of drug-likeness (QED) is 0.622. The molecule has 0 aliphatic carbocycles. The lowest BCUT2D eigenvalue weighted by molar-refractivity contribution is 0.396. The number of ether oxygens (including phenoxy) is 2. The lowest BCUT2D eigenvalue weighted by Crippen LogP contribution is -2.14. The van der Waals surface area contributed by atoms with Crippen molar-refractivity contribution in [1.29, 1.82) is 0 Å². The summed E-state index contributed by atoms with van der Waals surface area (Å²) in [6.45, 7) is 3.52. The van der Waals surface area contributed by atoms with Gasteiger partial charge >= 0.3 is 0 Å². The van der Waals surface area contributed by atoms with Gasteiger partial charge in [-0.1, -0.05) is 16.8 Å². The van der Waals surface area contributed by atoms with Crippen LogP contribution in [0.5, 0.6) is 11.5 Å². The fourth-order valence-corrected chi connectivity index (χ4v) is 5.32. The topological polar surface area (TPSA) is 90.7 Å². The van der Waals surface area contributed by atoms with Crippen molar-refractivity contribution in [1.82, 2.24) is 5.16 Å². The molecule has 0 atom stereocenters. The zero-order valence-electron chi connectivity index (χ0n) is 15.0. The molecule has 0 saturated carbocycles. The molecule has 10 heteroatoms. The highest BCUT2D eigenvalue weighted by atomic mass is 35.5. The molecule has 0 spiro atoms. The Hall–Kier alpha value is -2.23. The molecule has 144 valence electrons. The van der Waals surface area contributed by atoms with Crippen molar-refractivity contribution in [3.8, 4) is 22.1 Å². The highest BCUT2D eigenvalue weighted by Gasteiger charge is 2.24. The van der Waals surface area contributed by atoms with Crippen molar-refractivity contribution in [3.63, 3.8) is 0 Å². The number of hydrogen-bond acceptors (Lipinski definition) is 7. The van der Waals surface area contributed by atoms with E-state index in [2.05, 4.69) is 9.88 Å². The Labute approximate surface area is 165 Å². The van der Waals surface area contributed by atoms with Gasteiger partial charge in [-0.25, -0.2) is 8.42 Å². The number of methoxy groups -OCH3 is 2. The monoisotopic (exact) mass is 428 g/mol. The standard InChI is InChI=1S/C17H17ClN2O5S2/c1-9-5-15(25-19-9)16-8-17(10(2)26-16)27(21,22)20-12-6-11(18)13(23-3)7-14(12)24-4/h5-8,20H,1-4H3. The Morgan fingerprint density at radius 2 is 1.81 bits per heavy atom. The SMILES string of the molecule is COc1cc(OC)c(NS(=O)(=O)c2cc(-c3cc(C)no3)sc2C)cc1Cl. The zero-order valence-corrected chi connectivity index (χ0v) is 17.4. The molecule has 1 N–H and O–H groups in total. The molecule has 0 unspecified atom stereocenters. The van der Waals surface area contributed by atoms with Crippen LogP contribution in [-0.2, 0) is 10.0 Å². The van der Waals surface area contributed by atoms with Gasteiger partial charge in [-0.15, -0.1) is 11.3 Å². The van der Waals surface area contributed by atoms with Crippen LogP contribution in [0.1, 0.15) is 10.6 Å². The summed E-state index contributed by atoms with van der Waals surface area (Å²) in [4.78, 5) is 1.43. The van der Waals surface area contributed by atoms with Crippen LogP contribution in [0.25, 0.3) is 10.6 Å². The number of aryl methyl sites for hydroxylation is 2. The number of hydrogen-bond donors (Lipinski definition) is 1. The minimum Gasteiger partial charge on any atom is -0.495 e. The molecule has 3 rings (SSSR count). The van der Waals surface area contributed by atoms with E-state index in [1.165, 1.54) is 37.7 Å². The Morgan fingerprint density at radius 3 is 2.41 bits per heavy atom. The van der Waals surface area contributed by atoms with E-state index >= 15 is 0 Å². The molecule has 2 heterocycles. The van der Waals surface area contributed by atoms with Gasteiger partial charge in [0.2, 0.25) is 0 Å². The van der Waals surface area contributed by atoms with Crippen molar-refractivity contribution >= 4 is 38.6 Å². The predicted octanol–water partition coefficient (Wildman–Crippen LogP) is 4.49. The van der Waals surface area contributed by atoms with E-state index in [0.717, 1.165) is 5.69 Å². The average Bonchev–Trinajstić information content (AvgIpc) is 3.21. The normalized spacial score (nSPS) is 11.4. The third-order valence-electron chi connectivity index (χ3n) is 3.75. The number of aromatic nitrogens is 1. The minimum absolute atomic E-state index is 0.144. The highest BCUT2D eigenvalue weighted by molar-refractivity contribution is 7.93. The summed E-state index contributed by atoms with van der Waals surface area (Å²) in [6, 6.07) is 6.27. The summed E-state index contributed by atoms with van der Waals surface area (Å²) in [5, 5.41) is 4.09. The van der Waals surface area contributed by atoms with E-state index < -0.39 is 10.0 Å². The second kappa shape index (κ2) is 7.41. The number of rotatable bonds is 6. The van der Waals surface area contributed by atoms with Crippen LogP contribution in [0.15, 0.2) is 33.7 Å². The molecule has 0 aliphatic rings. The maximum absolute atomic E-state index is 12.9. The number of benzene rings is 1. The van der Waals surface area contributed by atoms with Gasteiger partial charge in [0.05, 0.1) is 35.5 Å². The van der Waals surface area contributed by atoms with Crippen LogP contribution >= 0.6 is 22.9 Å². The third-order valence-corrected chi connectivity index (χ3v) is 6.73. The number of halogens is 1. The maximum atomic E-state index is 12.9.